The van der Waals surface area contributed by atoms with Gasteiger partial charge in [0.05, 0.1) is 12.1 Å². The first-order valence-corrected chi connectivity index (χ1v) is 8.26. The third-order valence-electron chi connectivity index (χ3n) is 4.34. The second-order valence-electron chi connectivity index (χ2n) is 6.20. The van der Waals surface area contributed by atoms with Crippen LogP contribution in [0.2, 0.25) is 0 Å². The molecular weight excluding hydrogens is 316 g/mol. The topological polar surface area (TPSA) is 73.8 Å². The lowest BCUT2D eigenvalue weighted by Gasteiger charge is -2.20. The van der Waals surface area contributed by atoms with Gasteiger partial charge in [0.2, 0.25) is 6.54 Å². The van der Waals surface area contributed by atoms with E-state index in [1.165, 1.54) is 0 Å². The van der Waals surface area contributed by atoms with Crippen LogP contribution in [0.1, 0.15) is 18.4 Å². The van der Waals surface area contributed by atoms with Crippen molar-refractivity contribution in [1.82, 2.24) is 15.0 Å². The lowest BCUT2D eigenvalue weighted by Crippen LogP contribution is -2.23. The fourth-order valence-corrected chi connectivity index (χ4v) is 3.03. The van der Waals surface area contributed by atoms with Gasteiger partial charge in [-0.1, -0.05) is 72.8 Å². The van der Waals surface area contributed by atoms with E-state index in [0.29, 0.717) is 6.54 Å². The minimum atomic E-state index is -0.245. The summed E-state index contributed by atoms with van der Waals surface area (Å²) >= 11 is 0. The smallest absolute Gasteiger partial charge is 0.211 e. The Kier molecular flexibility index (Phi) is 5.18. The van der Waals surface area contributed by atoms with Crippen molar-refractivity contribution >= 4 is 0 Å². The van der Waals surface area contributed by atoms with E-state index in [-0.39, 0.29) is 23.3 Å². The standard InChI is InChI=1S/C19H20N4O2/c1-15(18(13-23(24)25)16-8-4-2-5-9-16)12-22-14-19(20-21-22)17-10-6-3-7-11-17/h2-11,14-15,18H,12-13H2,1H3/t15-,18-/m0/s1. The molecule has 0 amide bonds. The Morgan fingerprint density at radius 2 is 1.72 bits per heavy atom. The maximum absolute atomic E-state index is 11.1. The zero-order valence-corrected chi connectivity index (χ0v) is 14.0. The molecule has 0 spiro atoms. The summed E-state index contributed by atoms with van der Waals surface area (Å²) < 4.78 is 1.77. The summed E-state index contributed by atoms with van der Waals surface area (Å²) in [4.78, 5) is 10.9. The van der Waals surface area contributed by atoms with Gasteiger partial charge in [0.25, 0.3) is 0 Å². The molecule has 6 nitrogen and oxygen atoms in total. The summed E-state index contributed by atoms with van der Waals surface area (Å²) in [5.41, 5.74) is 2.79. The molecule has 6 heteroatoms. The van der Waals surface area contributed by atoms with Crippen LogP contribution in [0.15, 0.2) is 66.9 Å². The molecular formula is C19H20N4O2. The molecule has 0 bridgehead atoms. The molecule has 0 aliphatic carbocycles. The molecule has 3 rings (SSSR count). The van der Waals surface area contributed by atoms with Crippen LogP contribution in [-0.4, -0.2) is 26.5 Å². The highest BCUT2D eigenvalue weighted by Crippen LogP contribution is 2.26. The Balaban J connectivity index is 1.76. The van der Waals surface area contributed by atoms with E-state index < -0.39 is 0 Å². The van der Waals surface area contributed by atoms with E-state index >= 15 is 0 Å². The van der Waals surface area contributed by atoms with Gasteiger partial charge in [-0.15, -0.1) is 5.10 Å². The third-order valence-corrected chi connectivity index (χ3v) is 4.34. The normalized spacial score (nSPS) is 13.3. The molecule has 0 unspecified atom stereocenters. The Morgan fingerprint density at radius 3 is 2.36 bits per heavy atom. The largest absolute Gasteiger partial charge is 0.265 e. The van der Waals surface area contributed by atoms with Crippen LogP contribution in [0.25, 0.3) is 11.3 Å². The Labute approximate surface area is 146 Å². The molecule has 1 aromatic heterocycles. The molecule has 1 heterocycles. The van der Waals surface area contributed by atoms with Crippen LogP contribution in [0.3, 0.4) is 0 Å². The molecule has 0 fully saturated rings. The monoisotopic (exact) mass is 336 g/mol. The van der Waals surface area contributed by atoms with Crippen LogP contribution < -0.4 is 0 Å². The van der Waals surface area contributed by atoms with Crippen molar-refractivity contribution in [2.75, 3.05) is 6.54 Å². The number of hydrogen-bond donors (Lipinski definition) is 0. The van der Waals surface area contributed by atoms with Crippen LogP contribution in [0.5, 0.6) is 0 Å². The van der Waals surface area contributed by atoms with Crippen molar-refractivity contribution in [2.24, 2.45) is 5.92 Å². The predicted octanol–water partition coefficient (Wildman–Crippen LogP) is 3.64. The quantitative estimate of drug-likeness (QED) is 0.488. The van der Waals surface area contributed by atoms with E-state index in [1.54, 1.807) is 4.68 Å². The molecule has 2 atom stereocenters. The van der Waals surface area contributed by atoms with Gasteiger partial charge in [0.15, 0.2) is 0 Å². The van der Waals surface area contributed by atoms with Gasteiger partial charge in [-0.3, -0.25) is 14.8 Å². The van der Waals surface area contributed by atoms with E-state index in [1.807, 2.05) is 73.8 Å². The lowest BCUT2D eigenvalue weighted by atomic mass is 9.87. The van der Waals surface area contributed by atoms with Gasteiger partial charge in [0, 0.05) is 17.0 Å². The molecule has 25 heavy (non-hydrogen) atoms. The molecule has 3 aromatic rings. The zero-order valence-electron chi connectivity index (χ0n) is 14.0. The summed E-state index contributed by atoms with van der Waals surface area (Å²) in [5.74, 6) is -0.112. The van der Waals surface area contributed by atoms with Crippen LogP contribution in [0.4, 0.5) is 0 Å². The fourth-order valence-electron chi connectivity index (χ4n) is 3.03. The summed E-state index contributed by atoms with van der Waals surface area (Å²) in [6.07, 6.45) is 1.89. The Hall–Kier alpha value is -3.02. The summed E-state index contributed by atoms with van der Waals surface area (Å²) in [5, 5.41) is 19.5. The van der Waals surface area contributed by atoms with Crippen molar-refractivity contribution in [3.05, 3.63) is 82.5 Å². The second kappa shape index (κ2) is 7.70. The van der Waals surface area contributed by atoms with Crippen molar-refractivity contribution in [2.45, 2.75) is 19.4 Å². The third kappa shape index (κ3) is 4.29. The maximum atomic E-state index is 11.1. The number of benzene rings is 2. The zero-order chi connectivity index (χ0) is 17.6. The van der Waals surface area contributed by atoms with Gasteiger partial charge < -0.3 is 0 Å². The number of rotatable bonds is 7. The minimum Gasteiger partial charge on any atom is -0.265 e. The Morgan fingerprint density at radius 1 is 1.08 bits per heavy atom. The van der Waals surface area contributed by atoms with Gasteiger partial charge in [-0.2, -0.15) is 0 Å². The van der Waals surface area contributed by atoms with Crippen molar-refractivity contribution in [3.8, 4) is 11.3 Å². The molecule has 0 aliphatic heterocycles. The molecule has 2 aromatic carbocycles. The molecule has 128 valence electrons. The van der Waals surface area contributed by atoms with Gasteiger partial charge in [-0.05, 0) is 11.5 Å². The average Bonchev–Trinajstić information content (AvgIpc) is 3.09. The van der Waals surface area contributed by atoms with Crippen LogP contribution >= 0.6 is 0 Å². The first-order chi connectivity index (χ1) is 12.1. The maximum Gasteiger partial charge on any atom is 0.211 e. The van der Waals surface area contributed by atoms with E-state index in [9.17, 15) is 10.1 Å². The number of aromatic nitrogens is 3. The van der Waals surface area contributed by atoms with Crippen molar-refractivity contribution in [1.29, 1.82) is 0 Å². The summed E-state index contributed by atoms with van der Waals surface area (Å²) in [7, 11) is 0. The highest BCUT2D eigenvalue weighted by atomic mass is 16.6. The van der Waals surface area contributed by atoms with Crippen LogP contribution in [0, 0.1) is 16.0 Å². The highest BCUT2D eigenvalue weighted by molar-refractivity contribution is 5.57. The average molecular weight is 336 g/mol. The minimum absolute atomic E-state index is 0.0538. The van der Waals surface area contributed by atoms with Gasteiger partial charge in [-0.25, -0.2) is 0 Å². The van der Waals surface area contributed by atoms with Crippen molar-refractivity contribution in [3.63, 3.8) is 0 Å². The second-order valence-corrected chi connectivity index (χ2v) is 6.20. The summed E-state index contributed by atoms with van der Waals surface area (Å²) in [6.45, 7) is 2.50. The van der Waals surface area contributed by atoms with Gasteiger partial charge in [0.1, 0.15) is 5.69 Å². The van der Waals surface area contributed by atoms with E-state index in [2.05, 4.69) is 10.3 Å². The van der Waals surface area contributed by atoms with Crippen molar-refractivity contribution < 1.29 is 4.92 Å². The molecule has 0 N–H and O–H groups in total. The number of nitrogens with zero attached hydrogens (tertiary/aromatic N) is 4. The van der Waals surface area contributed by atoms with E-state index in [4.69, 9.17) is 0 Å². The van der Waals surface area contributed by atoms with Gasteiger partial charge >= 0.3 is 0 Å². The summed E-state index contributed by atoms with van der Waals surface area (Å²) in [6, 6.07) is 19.5. The molecule has 0 saturated carbocycles. The number of nitro groups is 1. The molecule has 0 saturated heterocycles. The molecule has 0 radical (unpaired) electrons. The first-order valence-electron chi connectivity index (χ1n) is 8.26. The van der Waals surface area contributed by atoms with E-state index in [0.717, 1.165) is 16.8 Å². The fraction of sp³-hybridized carbons (Fsp3) is 0.263. The first kappa shape index (κ1) is 16.8. The molecule has 0 aliphatic rings. The SMILES string of the molecule is C[C@@H](Cn1cc(-c2ccccc2)nn1)[C@H](C[N+](=O)[O-])c1ccccc1. The lowest BCUT2D eigenvalue weighted by molar-refractivity contribution is -0.484. The predicted molar refractivity (Wildman–Crippen MR) is 95.7 cm³/mol. The number of hydrogen-bond acceptors (Lipinski definition) is 4. The highest BCUT2D eigenvalue weighted by Gasteiger charge is 2.25. The van der Waals surface area contributed by atoms with Crippen LogP contribution in [-0.2, 0) is 6.54 Å². The Bertz CT molecular complexity index is 818.